The fraction of sp³-hybridized carbons (Fsp3) is 1.00. The summed E-state index contributed by atoms with van der Waals surface area (Å²) in [5.41, 5.74) is 0. The van der Waals surface area contributed by atoms with E-state index in [-0.39, 0.29) is 0 Å². The first-order valence-corrected chi connectivity index (χ1v) is 4.87. The molecule has 0 aliphatic rings. The topological polar surface area (TPSA) is 9.23 Å². The Morgan fingerprint density at radius 1 is 1.18 bits per heavy atom. The summed E-state index contributed by atoms with van der Waals surface area (Å²) in [6, 6.07) is 0. The highest BCUT2D eigenvalue weighted by Gasteiger charge is 2.13. The zero-order valence-electron chi connectivity index (χ0n) is 8.39. The van der Waals surface area contributed by atoms with Crippen molar-refractivity contribution in [3.8, 4) is 0 Å². The van der Waals surface area contributed by atoms with E-state index < -0.39 is 0 Å². The third kappa shape index (κ3) is 4.41. The maximum absolute atomic E-state index is 5.55. The summed E-state index contributed by atoms with van der Waals surface area (Å²) in [6.07, 6.45) is 4.27. The van der Waals surface area contributed by atoms with Gasteiger partial charge < -0.3 is 4.74 Å². The molecule has 0 saturated heterocycles. The molecule has 0 aromatic rings. The first-order chi connectivity index (χ1) is 5.26. The van der Waals surface area contributed by atoms with E-state index in [9.17, 15) is 0 Å². The summed E-state index contributed by atoms with van der Waals surface area (Å²) in [5.74, 6) is 0.764. The summed E-state index contributed by atoms with van der Waals surface area (Å²) in [5, 5.41) is 0. The molecule has 0 spiro atoms. The maximum atomic E-state index is 5.55. The van der Waals surface area contributed by atoms with E-state index in [1.165, 1.54) is 19.3 Å². The van der Waals surface area contributed by atoms with Gasteiger partial charge in [0.1, 0.15) is 0 Å². The molecule has 0 aliphatic heterocycles. The van der Waals surface area contributed by atoms with Gasteiger partial charge in [-0.25, -0.2) is 0 Å². The molecular weight excluding hydrogens is 136 g/mol. The van der Waals surface area contributed by atoms with E-state index in [2.05, 4.69) is 27.7 Å². The maximum Gasteiger partial charge on any atom is 0.0574 e. The Bertz CT molecular complexity index is 80.9. The highest BCUT2D eigenvalue weighted by atomic mass is 16.5. The van der Waals surface area contributed by atoms with Crippen molar-refractivity contribution in [3.63, 3.8) is 0 Å². The highest BCUT2D eigenvalue weighted by Crippen LogP contribution is 2.17. The SMILES string of the molecule is CCCC(CC)C(C)OCC. The second-order valence-electron chi connectivity index (χ2n) is 3.12. The van der Waals surface area contributed by atoms with E-state index in [1.807, 2.05) is 0 Å². The Morgan fingerprint density at radius 2 is 1.82 bits per heavy atom. The van der Waals surface area contributed by atoms with Gasteiger partial charge in [-0.1, -0.05) is 26.7 Å². The minimum Gasteiger partial charge on any atom is -0.379 e. The van der Waals surface area contributed by atoms with Crippen molar-refractivity contribution in [3.05, 3.63) is 0 Å². The molecule has 0 aromatic heterocycles. The average molecular weight is 158 g/mol. The molecule has 0 N–H and O–H groups in total. The summed E-state index contributed by atoms with van der Waals surface area (Å²) < 4.78 is 5.55. The molecule has 0 bridgehead atoms. The minimum absolute atomic E-state index is 0.449. The summed E-state index contributed by atoms with van der Waals surface area (Å²) in [4.78, 5) is 0. The second kappa shape index (κ2) is 6.66. The van der Waals surface area contributed by atoms with Crippen LogP contribution in [0, 0.1) is 5.92 Å². The third-order valence-corrected chi connectivity index (χ3v) is 2.28. The number of hydrogen-bond acceptors (Lipinski definition) is 1. The predicted molar refractivity (Wildman–Crippen MR) is 49.8 cm³/mol. The highest BCUT2D eigenvalue weighted by molar-refractivity contribution is 4.63. The van der Waals surface area contributed by atoms with Gasteiger partial charge >= 0.3 is 0 Å². The largest absolute Gasteiger partial charge is 0.379 e. The molecule has 11 heavy (non-hydrogen) atoms. The molecule has 1 nitrogen and oxygen atoms in total. The van der Waals surface area contributed by atoms with Crippen LogP contribution in [0.4, 0.5) is 0 Å². The molecule has 2 unspecified atom stereocenters. The van der Waals surface area contributed by atoms with Crippen LogP contribution in [0.3, 0.4) is 0 Å². The van der Waals surface area contributed by atoms with E-state index in [4.69, 9.17) is 4.74 Å². The van der Waals surface area contributed by atoms with Crippen molar-refractivity contribution in [2.24, 2.45) is 5.92 Å². The van der Waals surface area contributed by atoms with Gasteiger partial charge in [0.05, 0.1) is 6.10 Å². The van der Waals surface area contributed by atoms with Crippen LogP contribution >= 0.6 is 0 Å². The standard InChI is InChI=1S/C10H22O/c1-5-8-10(6-2)9(4)11-7-3/h9-10H,5-8H2,1-4H3. The van der Waals surface area contributed by atoms with Crippen LogP contribution in [-0.2, 0) is 4.74 Å². The molecule has 68 valence electrons. The lowest BCUT2D eigenvalue weighted by Crippen LogP contribution is -2.19. The zero-order chi connectivity index (χ0) is 8.69. The van der Waals surface area contributed by atoms with Gasteiger partial charge in [-0.05, 0) is 26.2 Å². The minimum atomic E-state index is 0.449. The monoisotopic (exact) mass is 158 g/mol. The quantitative estimate of drug-likeness (QED) is 0.576. The number of rotatable bonds is 6. The van der Waals surface area contributed by atoms with Gasteiger partial charge in [-0.3, -0.25) is 0 Å². The van der Waals surface area contributed by atoms with Crippen molar-refractivity contribution in [2.75, 3.05) is 6.61 Å². The summed E-state index contributed by atoms with van der Waals surface area (Å²) in [6.45, 7) is 9.58. The normalized spacial score (nSPS) is 16.4. The van der Waals surface area contributed by atoms with Crippen molar-refractivity contribution in [1.82, 2.24) is 0 Å². The molecule has 1 heteroatoms. The van der Waals surface area contributed by atoms with Crippen LogP contribution in [-0.4, -0.2) is 12.7 Å². The van der Waals surface area contributed by atoms with Crippen LogP contribution in [0.1, 0.15) is 47.0 Å². The van der Waals surface area contributed by atoms with E-state index in [0.29, 0.717) is 6.10 Å². The molecule has 0 heterocycles. The molecule has 0 fully saturated rings. The van der Waals surface area contributed by atoms with Gasteiger partial charge in [-0.15, -0.1) is 0 Å². The van der Waals surface area contributed by atoms with Crippen LogP contribution < -0.4 is 0 Å². The molecule has 0 aromatic carbocycles. The van der Waals surface area contributed by atoms with Gasteiger partial charge in [0.25, 0.3) is 0 Å². The third-order valence-electron chi connectivity index (χ3n) is 2.28. The lowest BCUT2D eigenvalue weighted by atomic mass is 9.95. The first kappa shape index (κ1) is 11.0. The first-order valence-electron chi connectivity index (χ1n) is 4.87. The van der Waals surface area contributed by atoms with E-state index in [0.717, 1.165) is 12.5 Å². The van der Waals surface area contributed by atoms with E-state index >= 15 is 0 Å². The summed E-state index contributed by atoms with van der Waals surface area (Å²) in [7, 11) is 0. The molecular formula is C10H22O. The number of ether oxygens (including phenoxy) is 1. The van der Waals surface area contributed by atoms with Crippen molar-refractivity contribution in [1.29, 1.82) is 0 Å². The lowest BCUT2D eigenvalue weighted by molar-refractivity contribution is 0.0285. The smallest absolute Gasteiger partial charge is 0.0574 e. The van der Waals surface area contributed by atoms with Gasteiger partial charge in [0.15, 0.2) is 0 Å². The summed E-state index contributed by atoms with van der Waals surface area (Å²) >= 11 is 0. The number of hydrogen-bond donors (Lipinski definition) is 0. The molecule has 2 atom stereocenters. The lowest BCUT2D eigenvalue weighted by Gasteiger charge is -2.21. The van der Waals surface area contributed by atoms with Gasteiger partial charge in [0.2, 0.25) is 0 Å². The van der Waals surface area contributed by atoms with Gasteiger partial charge in [-0.2, -0.15) is 0 Å². The van der Waals surface area contributed by atoms with Crippen molar-refractivity contribution in [2.45, 2.75) is 53.1 Å². The molecule has 0 aliphatic carbocycles. The zero-order valence-corrected chi connectivity index (χ0v) is 8.39. The van der Waals surface area contributed by atoms with Gasteiger partial charge in [0, 0.05) is 6.61 Å². The molecule has 0 rings (SSSR count). The molecule has 0 radical (unpaired) electrons. The molecule has 0 saturated carbocycles. The average Bonchev–Trinajstić information content (AvgIpc) is 2.00. The Balaban J connectivity index is 3.61. The Kier molecular flexibility index (Phi) is 6.63. The fourth-order valence-electron chi connectivity index (χ4n) is 1.54. The second-order valence-corrected chi connectivity index (χ2v) is 3.12. The van der Waals surface area contributed by atoms with E-state index in [1.54, 1.807) is 0 Å². The van der Waals surface area contributed by atoms with Crippen LogP contribution in [0.15, 0.2) is 0 Å². The molecule has 0 amide bonds. The van der Waals surface area contributed by atoms with Crippen molar-refractivity contribution >= 4 is 0 Å². The van der Waals surface area contributed by atoms with Crippen molar-refractivity contribution < 1.29 is 4.74 Å². The predicted octanol–water partition coefficient (Wildman–Crippen LogP) is 3.24. The Hall–Kier alpha value is -0.0400. The fourth-order valence-corrected chi connectivity index (χ4v) is 1.54. The Morgan fingerprint density at radius 3 is 2.18 bits per heavy atom. The Labute approximate surface area is 71.1 Å². The van der Waals surface area contributed by atoms with Crippen LogP contribution in [0.25, 0.3) is 0 Å². The van der Waals surface area contributed by atoms with Crippen LogP contribution in [0.5, 0.6) is 0 Å². The van der Waals surface area contributed by atoms with Crippen LogP contribution in [0.2, 0.25) is 0 Å².